The van der Waals surface area contributed by atoms with Crippen LogP contribution in [-0.2, 0) is 6.18 Å². The molecule has 0 fully saturated rings. The van der Waals surface area contributed by atoms with Crippen molar-refractivity contribution in [2.45, 2.75) is 31.9 Å². The molecule has 0 amide bonds. The van der Waals surface area contributed by atoms with Crippen molar-refractivity contribution in [2.75, 3.05) is 31.5 Å². The molecule has 1 aliphatic heterocycles. The van der Waals surface area contributed by atoms with Gasteiger partial charge < -0.3 is 16.0 Å². The highest BCUT2D eigenvalue weighted by Crippen LogP contribution is 2.41. The number of rotatable bonds is 11. The van der Waals surface area contributed by atoms with Crippen molar-refractivity contribution in [2.24, 2.45) is 17.7 Å². The minimum Gasteiger partial charge on any atom is -0.384 e. The molecule has 1 aromatic heterocycles. The molecule has 3 atom stereocenters. The number of hydrogen-bond acceptors (Lipinski definition) is 7. The minimum atomic E-state index is -4.35. The average molecular weight is 528 g/mol. The summed E-state index contributed by atoms with van der Waals surface area (Å²) in [6.45, 7) is 12.7. The monoisotopic (exact) mass is 527 g/mol. The molecule has 0 saturated heterocycles. The Kier molecular flexibility index (Phi) is 12.0. The summed E-state index contributed by atoms with van der Waals surface area (Å²) < 4.78 is 40.7. The van der Waals surface area contributed by atoms with Crippen LogP contribution in [0.2, 0.25) is 0 Å². The summed E-state index contributed by atoms with van der Waals surface area (Å²) in [5.74, 6) is 6.65. The molecule has 0 bridgehead atoms. The van der Waals surface area contributed by atoms with Gasteiger partial charge in [-0.3, -0.25) is 5.84 Å². The maximum absolute atomic E-state index is 13.1. The molecular weight excluding hydrogens is 491 g/mol. The van der Waals surface area contributed by atoms with Crippen LogP contribution in [0.15, 0.2) is 66.1 Å². The van der Waals surface area contributed by atoms with Crippen LogP contribution in [0.1, 0.15) is 36.8 Å². The number of anilines is 1. The Morgan fingerprint density at radius 2 is 2.06 bits per heavy atom. The average Bonchev–Trinajstić information content (AvgIpc) is 3.40. The molecule has 5 N–H and O–H groups in total. The quantitative estimate of drug-likeness (QED) is 0.110. The fourth-order valence-corrected chi connectivity index (χ4v) is 4.46. The van der Waals surface area contributed by atoms with Gasteiger partial charge in [-0.2, -0.15) is 28.9 Å². The first-order chi connectivity index (χ1) is 16.6. The van der Waals surface area contributed by atoms with E-state index in [9.17, 15) is 13.2 Å². The van der Waals surface area contributed by atoms with Crippen LogP contribution in [0, 0.1) is 11.8 Å². The van der Waals surface area contributed by atoms with Crippen molar-refractivity contribution in [3.8, 4) is 0 Å². The van der Waals surface area contributed by atoms with E-state index in [4.69, 9.17) is 5.84 Å². The highest BCUT2D eigenvalue weighted by Gasteiger charge is 2.34. The van der Waals surface area contributed by atoms with Crippen LogP contribution < -0.4 is 21.8 Å². The van der Waals surface area contributed by atoms with Gasteiger partial charge in [-0.1, -0.05) is 44.5 Å². The minimum absolute atomic E-state index is 0.0965. The zero-order valence-corrected chi connectivity index (χ0v) is 21.7. The normalized spacial score (nSPS) is 17.9. The Labute approximate surface area is 216 Å². The first-order valence-electron chi connectivity index (χ1n) is 11.5. The van der Waals surface area contributed by atoms with Crippen molar-refractivity contribution in [1.82, 2.24) is 15.0 Å². The number of nitrogens with one attached hydrogen (secondary N) is 3. The molecule has 3 unspecified atom stereocenters. The topological polar surface area (TPSA) is 65.3 Å². The lowest BCUT2D eigenvalue weighted by Gasteiger charge is -2.34. The van der Waals surface area contributed by atoms with E-state index in [1.165, 1.54) is 16.5 Å². The number of hydrazine groups is 1. The molecule has 2 aromatic rings. The lowest BCUT2D eigenvalue weighted by Crippen LogP contribution is -2.35. The predicted molar refractivity (Wildman–Crippen MR) is 144 cm³/mol. The van der Waals surface area contributed by atoms with E-state index in [-0.39, 0.29) is 11.8 Å². The van der Waals surface area contributed by atoms with Gasteiger partial charge in [-0.15, -0.1) is 6.58 Å². The SMILES string of the molecule is C=CC1c2cc(C(F)(F)F)ccc2NCC1CCC(C)CNC(=C)NCCN(N)S.c1ccsc1. The molecule has 10 heteroatoms. The van der Waals surface area contributed by atoms with Crippen molar-refractivity contribution >= 4 is 29.8 Å². The second-order valence-corrected chi connectivity index (χ2v) is 9.96. The van der Waals surface area contributed by atoms with Gasteiger partial charge >= 0.3 is 6.18 Å². The van der Waals surface area contributed by atoms with E-state index in [1.807, 2.05) is 22.9 Å². The third-order valence-electron chi connectivity index (χ3n) is 5.85. The lowest BCUT2D eigenvalue weighted by atomic mass is 9.78. The van der Waals surface area contributed by atoms with E-state index in [2.05, 4.69) is 48.8 Å². The van der Waals surface area contributed by atoms with E-state index in [1.54, 1.807) is 17.4 Å². The molecule has 0 saturated carbocycles. The van der Waals surface area contributed by atoms with Crippen LogP contribution in [0.4, 0.5) is 18.9 Å². The third kappa shape index (κ3) is 10.2. The Balaban J connectivity index is 0.000000764. The van der Waals surface area contributed by atoms with Gasteiger partial charge in [-0.05, 0) is 59.2 Å². The highest BCUT2D eigenvalue weighted by molar-refractivity contribution is 7.77. The van der Waals surface area contributed by atoms with Gasteiger partial charge in [0.25, 0.3) is 0 Å². The summed E-state index contributed by atoms with van der Waals surface area (Å²) in [7, 11) is 0. The second kappa shape index (κ2) is 14.4. The van der Waals surface area contributed by atoms with Crippen molar-refractivity contribution in [1.29, 1.82) is 0 Å². The summed E-state index contributed by atoms with van der Waals surface area (Å²) in [6, 6.07) is 7.94. The maximum atomic E-state index is 13.1. The van der Waals surface area contributed by atoms with E-state index in [0.29, 0.717) is 24.6 Å². The van der Waals surface area contributed by atoms with Gasteiger partial charge in [0, 0.05) is 37.8 Å². The predicted octanol–water partition coefficient (Wildman–Crippen LogP) is 5.85. The van der Waals surface area contributed by atoms with Gasteiger partial charge in [0.15, 0.2) is 0 Å². The number of nitrogens with zero attached hydrogens (tertiary/aromatic N) is 1. The van der Waals surface area contributed by atoms with E-state index >= 15 is 0 Å². The fraction of sp³-hybridized carbons (Fsp3) is 0.440. The number of allylic oxidation sites excluding steroid dienone is 1. The van der Waals surface area contributed by atoms with Crippen LogP contribution in [0.25, 0.3) is 0 Å². The number of fused-ring (bicyclic) bond motifs is 1. The number of benzene rings is 1. The van der Waals surface area contributed by atoms with E-state index < -0.39 is 11.7 Å². The Morgan fingerprint density at radius 3 is 2.63 bits per heavy atom. The fourth-order valence-electron chi connectivity index (χ4n) is 3.91. The molecular formula is C25H36F3N5S2. The molecule has 194 valence electrons. The molecule has 0 radical (unpaired) electrons. The van der Waals surface area contributed by atoms with Crippen LogP contribution in [0.3, 0.4) is 0 Å². The summed E-state index contributed by atoms with van der Waals surface area (Å²) in [6.07, 6.45) is -0.733. The molecule has 35 heavy (non-hydrogen) atoms. The lowest BCUT2D eigenvalue weighted by molar-refractivity contribution is -0.137. The molecule has 2 heterocycles. The van der Waals surface area contributed by atoms with Gasteiger partial charge in [0.2, 0.25) is 0 Å². The van der Waals surface area contributed by atoms with Crippen LogP contribution in [0.5, 0.6) is 0 Å². The van der Waals surface area contributed by atoms with Crippen LogP contribution >= 0.6 is 24.2 Å². The number of halogens is 3. The molecule has 5 nitrogen and oxygen atoms in total. The number of thiol groups is 1. The summed E-state index contributed by atoms with van der Waals surface area (Å²) in [5, 5.41) is 13.8. The molecule has 0 spiro atoms. The van der Waals surface area contributed by atoms with Gasteiger partial charge in [-0.25, -0.2) is 0 Å². The summed E-state index contributed by atoms with van der Waals surface area (Å²) in [5.41, 5.74) is 0.825. The van der Waals surface area contributed by atoms with Gasteiger partial charge in [0.05, 0.1) is 11.4 Å². The van der Waals surface area contributed by atoms with Crippen molar-refractivity contribution in [3.63, 3.8) is 0 Å². The molecule has 3 rings (SSSR count). The number of thiophene rings is 1. The highest BCUT2D eigenvalue weighted by atomic mass is 32.1. The number of alkyl halides is 3. The summed E-state index contributed by atoms with van der Waals surface area (Å²) >= 11 is 5.68. The zero-order chi connectivity index (χ0) is 25.8. The Morgan fingerprint density at radius 1 is 1.34 bits per heavy atom. The molecule has 1 aromatic carbocycles. The zero-order valence-electron chi connectivity index (χ0n) is 20.0. The van der Waals surface area contributed by atoms with Crippen molar-refractivity contribution in [3.05, 3.63) is 77.3 Å². The first kappa shape index (κ1) is 29.1. The largest absolute Gasteiger partial charge is 0.416 e. The van der Waals surface area contributed by atoms with Crippen molar-refractivity contribution < 1.29 is 13.2 Å². The third-order valence-corrected chi connectivity index (χ3v) is 6.68. The van der Waals surface area contributed by atoms with Gasteiger partial charge in [0.1, 0.15) is 0 Å². The number of hydrogen-bond donors (Lipinski definition) is 5. The number of nitrogens with two attached hydrogens (primary N) is 1. The first-order valence-corrected chi connectivity index (χ1v) is 12.9. The van der Waals surface area contributed by atoms with Crippen LogP contribution in [-0.4, -0.2) is 30.6 Å². The maximum Gasteiger partial charge on any atom is 0.416 e. The smallest absolute Gasteiger partial charge is 0.384 e. The Bertz CT molecular complexity index is 886. The van der Waals surface area contributed by atoms with E-state index in [0.717, 1.165) is 43.5 Å². The molecule has 1 aliphatic rings. The summed E-state index contributed by atoms with van der Waals surface area (Å²) in [4.78, 5) is 0. The Hall–Kier alpha value is -2.14. The standard InChI is InChI=1S/C21H32F3N5S.C4H4S/c1-4-18-16(6-5-14(2)12-27-15(3)26-9-10-29(25)30)13-28-20-8-7-17(11-19(18)20)21(22,23)24;1-2-4-5-3-1/h4,7-8,11,14,16,18,26-28,30H,1,3,5-6,9-10,12-13,25H2,2H3;1-4H. The second-order valence-electron chi connectivity index (χ2n) is 8.63. The molecule has 0 aliphatic carbocycles.